The number of rotatable bonds is 2. The molecule has 0 bridgehead atoms. The Bertz CT molecular complexity index is 691. The van der Waals surface area contributed by atoms with Gasteiger partial charge in [-0.1, -0.05) is 36.4 Å². The van der Waals surface area contributed by atoms with Crippen LogP contribution >= 0.6 is 0 Å². The molecule has 0 aliphatic heterocycles. The van der Waals surface area contributed by atoms with Crippen LogP contribution in [0, 0.1) is 5.82 Å². The van der Waals surface area contributed by atoms with Crippen molar-refractivity contribution in [1.82, 2.24) is 4.98 Å². The monoisotopic (exact) mass is 237 g/mol. The number of halogens is 1. The molecule has 2 aromatic carbocycles. The molecular weight excluding hydrogens is 225 g/mol. The summed E-state index contributed by atoms with van der Waals surface area (Å²) in [4.78, 5) is 4.58. The van der Waals surface area contributed by atoms with Gasteiger partial charge in [0.1, 0.15) is 5.82 Å². The van der Waals surface area contributed by atoms with Gasteiger partial charge in [-0.15, -0.1) is 0 Å². The third-order valence-electron chi connectivity index (χ3n) is 2.93. The minimum atomic E-state index is -0.201. The maximum absolute atomic E-state index is 13.1. The molecule has 0 fully saturated rings. The Morgan fingerprint density at radius 3 is 2.67 bits per heavy atom. The van der Waals surface area contributed by atoms with Gasteiger partial charge in [-0.3, -0.25) is 4.98 Å². The Kier molecular flexibility index (Phi) is 2.77. The molecule has 0 saturated carbocycles. The zero-order valence-corrected chi connectivity index (χ0v) is 9.81. The molecule has 0 atom stereocenters. The molecule has 0 saturated heterocycles. The highest BCUT2D eigenvalue weighted by atomic mass is 19.1. The molecule has 2 heteroatoms. The lowest BCUT2D eigenvalue weighted by atomic mass is 10.1. The van der Waals surface area contributed by atoms with Crippen LogP contribution < -0.4 is 0 Å². The van der Waals surface area contributed by atoms with Crippen LogP contribution in [0.15, 0.2) is 60.7 Å². The van der Waals surface area contributed by atoms with E-state index in [0.29, 0.717) is 6.42 Å². The summed E-state index contributed by atoms with van der Waals surface area (Å²) in [5, 5.41) is 1.13. The molecule has 88 valence electrons. The zero-order valence-electron chi connectivity index (χ0n) is 9.81. The second-order valence-electron chi connectivity index (χ2n) is 4.30. The largest absolute Gasteiger partial charge is 0.252 e. The number of pyridine rings is 1. The van der Waals surface area contributed by atoms with Crippen molar-refractivity contribution in [3.63, 3.8) is 0 Å². The standard InChI is InChI=1S/C16H12FN/c17-14-6-3-4-12(10-14)11-15-9-8-13-5-1-2-7-16(13)18-15/h1-10H,11H2. The van der Waals surface area contributed by atoms with E-state index in [4.69, 9.17) is 0 Å². The van der Waals surface area contributed by atoms with Gasteiger partial charge in [0.15, 0.2) is 0 Å². The van der Waals surface area contributed by atoms with E-state index in [2.05, 4.69) is 11.1 Å². The van der Waals surface area contributed by atoms with Gasteiger partial charge in [-0.25, -0.2) is 4.39 Å². The first-order chi connectivity index (χ1) is 8.81. The first kappa shape index (κ1) is 10.9. The summed E-state index contributed by atoms with van der Waals surface area (Å²) in [5.41, 5.74) is 2.88. The van der Waals surface area contributed by atoms with Gasteiger partial charge in [0.2, 0.25) is 0 Å². The van der Waals surface area contributed by atoms with Crippen LogP contribution in [0.5, 0.6) is 0 Å². The maximum atomic E-state index is 13.1. The van der Waals surface area contributed by atoms with Crippen molar-refractivity contribution in [3.8, 4) is 0 Å². The highest BCUT2D eigenvalue weighted by Crippen LogP contribution is 2.14. The van der Waals surface area contributed by atoms with Crippen LogP contribution in [0.3, 0.4) is 0 Å². The lowest BCUT2D eigenvalue weighted by molar-refractivity contribution is 0.626. The molecule has 0 N–H and O–H groups in total. The predicted octanol–water partition coefficient (Wildman–Crippen LogP) is 3.96. The van der Waals surface area contributed by atoms with Crippen molar-refractivity contribution in [1.29, 1.82) is 0 Å². The molecule has 0 radical (unpaired) electrons. The normalized spacial score (nSPS) is 10.7. The molecule has 3 rings (SSSR count). The Morgan fingerprint density at radius 1 is 0.889 bits per heavy atom. The Balaban J connectivity index is 1.95. The van der Waals surface area contributed by atoms with Crippen LogP contribution in [0.1, 0.15) is 11.3 Å². The summed E-state index contributed by atoms with van der Waals surface area (Å²) in [6.45, 7) is 0. The number of benzene rings is 2. The lowest BCUT2D eigenvalue weighted by Crippen LogP contribution is -1.93. The van der Waals surface area contributed by atoms with E-state index in [9.17, 15) is 4.39 Å². The molecule has 18 heavy (non-hydrogen) atoms. The van der Waals surface area contributed by atoms with E-state index in [1.54, 1.807) is 12.1 Å². The van der Waals surface area contributed by atoms with E-state index in [-0.39, 0.29) is 5.82 Å². The van der Waals surface area contributed by atoms with Crippen molar-refractivity contribution in [2.75, 3.05) is 0 Å². The van der Waals surface area contributed by atoms with E-state index < -0.39 is 0 Å². The first-order valence-corrected chi connectivity index (χ1v) is 5.90. The number of para-hydroxylation sites is 1. The van der Waals surface area contributed by atoms with Gasteiger partial charge in [-0.05, 0) is 29.8 Å². The number of hydrogen-bond donors (Lipinski definition) is 0. The third-order valence-corrected chi connectivity index (χ3v) is 2.93. The van der Waals surface area contributed by atoms with Crippen molar-refractivity contribution in [2.45, 2.75) is 6.42 Å². The minimum absolute atomic E-state index is 0.201. The molecule has 0 aliphatic rings. The fourth-order valence-corrected chi connectivity index (χ4v) is 2.06. The zero-order chi connectivity index (χ0) is 12.4. The van der Waals surface area contributed by atoms with E-state index in [1.807, 2.05) is 36.4 Å². The Morgan fingerprint density at radius 2 is 1.78 bits per heavy atom. The number of hydrogen-bond acceptors (Lipinski definition) is 1. The molecule has 1 aromatic heterocycles. The molecule has 0 amide bonds. The fourth-order valence-electron chi connectivity index (χ4n) is 2.06. The summed E-state index contributed by atoms with van der Waals surface area (Å²) in [6, 6.07) is 18.7. The maximum Gasteiger partial charge on any atom is 0.123 e. The van der Waals surface area contributed by atoms with Crippen LogP contribution in [0.2, 0.25) is 0 Å². The second kappa shape index (κ2) is 4.57. The molecule has 0 spiro atoms. The first-order valence-electron chi connectivity index (χ1n) is 5.90. The smallest absolute Gasteiger partial charge is 0.123 e. The van der Waals surface area contributed by atoms with Crippen molar-refractivity contribution in [2.24, 2.45) is 0 Å². The molecular formula is C16H12FN. The van der Waals surface area contributed by atoms with Crippen molar-refractivity contribution in [3.05, 3.63) is 77.7 Å². The van der Waals surface area contributed by atoms with Crippen LogP contribution in [-0.4, -0.2) is 4.98 Å². The minimum Gasteiger partial charge on any atom is -0.252 e. The fraction of sp³-hybridized carbons (Fsp3) is 0.0625. The highest BCUT2D eigenvalue weighted by molar-refractivity contribution is 5.78. The number of nitrogens with zero attached hydrogens (tertiary/aromatic N) is 1. The molecule has 3 aromatic rings. The SMILES string of the molecule is Fc1cccc(Cc2ccc3ccccc3n2)c1. The van der Waals surface area contributed by atoms with Crippen molar-refractivity contribution < 1.29 is 4.39 Å². The summed E-state index contributed by atoms with van der Waals surface area (Å²) in [6.07, 6.45) is 0.655. The van der Waals surface area contributed by atoms with Gasteiger partial charge in [0.25, 0.3) is 0 Å². The highest BCUT2D eigenvalue weighted by Gasteiger charge is 2.01. The molecule has 0 aliphatic carbocycles. The number of aromatic nitrogens is 1. The van der Waals surface area contributed by atoms with E-state index in [1.165, 1.54) is 6.07 Å². The second-order valence-corrected chi connectivity index (χ2v) is 4.30. The van der Waals surface area contributed by atoms with Gasteiger partial charge in [-0.2, -0.15) is 0 Å². The third kappa shape index (κ3) is 2.23. The summed E-state index contributed by atoms with van der Waals surface area (Å²) >= 11 is 0. The molecule has 1 nitrogen and oxygen atoms in total. The predicted molar refractivity (Wildman–Crippen MR) is 70.9 cm³/mol. The van der Waals surface area contributed by atoms with Crippen LogP contribution in [0.4, 0.5) is 4.39 Å². The Labute approximate surface area is 105 Å². The van der Waals surface area contributed by atoms with Gasteiger partial charge >= 0.3 is 0 Å². The van der Waals surface area contributed by atoms with Crippen LogP contribution in [-0.2, 0) is 6.42 Å². The number of fused-ring (bicyclic) bond motifs is 1. The summed E-state index contributed by atoms with van der Waals surface area (Å²) < 4.78 is 13.1. The topological polar surface area (TPSA) is 12.9 Å². The van der Waals surface area contributed by atoms with E-state index in [0.717, 1.165) is 22.2 Å². The van der Waals surface area contributed by atoms with Crippen LogP contribution in [0.25, 0.3) is 10.9 Å². The van der Waals surface area contributed by atoms with E-state index >= 15 is 0 Å². The summed E-state index contributed by atoms with van der Waals surface area (Å²) in [5.74, 6) is -0.201. The Hall–Kier alpha value is -2.22. The molecule has 0 unspecified atom stereocenters. The van der Waals surface area contributed by atoms with Gasteiger partial charge in [0, 0.05) is 17.5 Å². The van der Waals surface area contributed by atoms with Gasteiger partial charge < -0.3 is 0 Å². The van der Waals surface area contributed by atoms with Gasteiger partial charge in [0.05, 0.1) is 5.52 Å². The lowest BCUT2D eigenvalue weighted by Gasteiger charge is -2.03. The average Bonchev–Trinajstić information content (AvgIpc) is 2.39. The molecule has 1 heterocycles. The summed E-state index contributed by atoms with van der Waals surface area (Å²) in [7, 11) is 0. The quantitative estimate of drug-likeness (QED) is 0.657. The van der Waals surface area contributed by atoms with Crippen molar-refractivity contribution >= 4 is 10.9 Å². The average molecular weight is 237 g/mol.